The van der Waals surface area contributed by atoms with E-state index < -0.39 is 0 Å². The van der Waals surface area contributed by atoms with Crippen LogP contribution in [0.15, 0.2) is 36.7 Å². The van der Waals surface area contributed by atoms with E-state index in [4.69, 9.17) is 0 Å². The van der Waals surface area contributed by atoms with Crippen LogP contribution in [0.1, 0.15) is 11.4 Å². The van der Waals surface area contributed by atoms with Crippen molar-refractivity contribution < 1.29 is 4.79 Å². The molecule has 1 aromatic carbocycles. The summed E-state index contributed by atoms with van der Waals surface area (Å²) in [6, 6.07) is 10.1. The highest BCUT2D eigenvalue weighted by Crippen LogP contribution is 2.09. The summed E-state index contributed by atoms with van der Waals surface area (Å²) >= 11 is 0. The lowest BCUT2D eigenvalue weighted by Gasteiger charge is -2.36. The Bertz CT molecular complexity index is 607. The van der Waals surface area contributed by atoms with Gasteiger partial charge in [0.1, 0.15) is 12.2 Å². The molecule has 23 heavy (non-hydrogen) atoms. The minimum absolute atomic E-state index is 0.0909. The molecule has 0 saturated carbocycles. The number of nitrogens with one attached hydrogen (secondary N) is 1. The number of H-pyrrole nitrogens is 1. The number of rotatable bonds is 4. The van der Waals surface area contributed by atoms with Gasteiger partial charge >= 0.3 is 6.03 Å². The number of aromatic nitrogens is 3. The van der Waals surface area contributed by atoms with Gasteiger partial charge in [0, 0.05) is 39.8 Å². The van der Waals surface area contributed by atoms with Gasteiger partial charge in [0.15, 0.2) is 0 Å². The number of benzene rings is 1. The Morgan fingerprint density at radius 1 is 1.22 bits per heavy atom. The van der Waals surface area contributed by atoms with Gasteiger partial charge in [-0.1, -0.05) is 30.3 Å². The van der Waals surface area contributed by atoms with Gasteiger partial charge in [-0.25, -0.2) is 9.78 Å². The minimum atomic E-state index is 0.0909. The zero-order chi connectivity index (χ0) is 16.1. The lowest BCUT2D eigenvalue weighted by molar-refractivity contribution is 0.113. The highest BCUT2D eigenvalue weighted by atomic mass is 16.2. The summed E-state index contributed by atoms with van der Waals surface area (Å²) in [5.74, 6) is 0.867. The molecule has 7 nitrogen and oxygen atoms in total. The van der Waals surface area contributed by atoms with Crippen molar-refractivity contribution >= 4 is 6.03 Å². The van der Waals surface area contributed by atoms with E-state index in [0.29, 0.717) is 6.54 Å². The van der Waals surface area contributed by atoms with Crippen LogP contribution in [0.2, 0.25) is 0 Å². The predicted octanol–water partition coefficient (Wildman–Crippen LogP) is 1.17. The van der Waals surface area contributed by atoms with Crippen molar-refractivity contribution in [3.8, 4) is 0 Å². The molecule has 0 atom stereocenters. The molecule has 0 aliphatic carbocycles. The first-order valence-corrected chi connectivity index (χ1v) is 7.83. The number of aromatic amines is 1. The third-order valence-corrected chi connectivity index (χ3v) is 4.07. The molecule has 2 amide bonds. The molecular formula is C16H22N6O. The van der Waals surface area contributed by atoms with E-state index in [0.717, 1.165) is 44.1 Å². The molecule has 1 aliphatic rings. The average molecular weight is 314 g/mol. The SMILES string of the molecule is CN(Cc1ccccc1)C(=O)N1CCN(Cc2ncn[nH]2)CC1. The Morgan fingerprint density at radius 3 is 2.61 bits per heavy atom. The predicted molar refractivity (Wildman–Crippen MR) is 86.5 cm³/mol. The Morgan fingerprint density at radius 2 is 1.96 bits per heavy atom. The van der Waals surface area contributed by atoms with Crippen molar-refractivity contribution in [1.82, 2.24) is 29.9 Å². The van der Waals surface area contributed by atoms with Crippen LogP contribution < -0.4 is 0 Å². The van der Waals surface area contributed by atoms with E-state index >= 15 is 0 Å². The first-order valence-electron chi connectivity index (χ1n) is 7.83. The average Bonchev–Trinajstić information content (AvgIpc) is 3.09. The molecule has 2 heterocycles. The van der Waals surface area contributed by atoms with E-state index in [-0.39, 0.29) is 6.03 Å². The molecule has 1 N–H and O–H groups in total. The zero-order valence-electron chi connectivity index (χ0n) is 13.4. The quantitative estimate of drug-likeness (QED) is 0.920. The van der Waals surface area contributed by atoms with Gasteiger partial charge in [-0.15, -0.1) is 0 Å². The largest absolute Gasteiger partial charge is 0.323 e. The van der Waals surface area contributed by atoms with Gasteiger partial charge in [0.2, 0.25) is 0 Å². The van der Waals surface area contributed by atoms with Crippen molar-refractivity contribution in [2.24, 2.45) is 0 Å². The van der Waals surface area contributed by atoms with Gasteiger partial charge in [0.25, 0.3) is 0 Å². The van der Waals surface area contributed by atoms with Crippen molar-refractivity contribution in [3.63, 3.8) is 0 Å². The van der Waals surface area contributed by atoms with Crippen LogP contribution in [-0.4, -0.2) is 69.1 Å². The summed E-state index contributed by atoms with van der Waals surface area (Å²) in [5.41, 5.74) is 1.15. The molecular weight excluding hydrogens is 292 g/mol. The summed E-state index contributed by atoms with van der Waals surface area (Å²) < 4.78 is 0. The molecule has 122 valence electrons. The van der Waals surface area contributed by atoms with Crippen LogP contribution in [0, 0.1) is 0 Å². The fourth-order valence-electron chi connectivity index (χ4n) is 2.78. The number of urea groups is 1. The lowest BCUT2D eigenvalue weighted by atomic mass is 10.2. The van der Waals surface area contributed by atoms with E-state index in [2.05, 4.69) is 20.1 Å². The van der Waals surface area contributed by atoms with Gasteiger partial charge in [-0.2, -0.15) is 5.10 Å². The standard InChI is InChI=1S/C16H22N6O/c1-20(11-14-5-3-2-4-6-14)16(23)22-9-7-21(8-10-22)12-15-17-13-18-19-15/h2-6,13H,7-12H2,1H3,(H,17,18,19). The topological polar surface area (TPSA) is 68.4 Å². The van der Waals surface area contributed by atoms with Crippen LogP contribution in [0.3, 0.4) is 0 Å². The van der Waals surface area contributed by atoms with Crippen molar-refractivity contribution in [1.29, 1.82) is 0 Å². The van der Waals surface area contributed by atoms with Crippen LogP contribution in [0.25, 0.3) is 0 Å². The molecule has 3 rings (SSSR count). The molecule has 0 radical (unpaired) electrons. The highest BCUT2D eigenvalue weighted by Gasteiger charge is 2.23. The Hall–Kier alpha value is -2.41. The maximum atomic E-state index is 12.5. The Kier molecular flexibility index (Phi) is 4.87. The molecule has 7 heteroatoms. The number of amides is 2. The van der Waals surface area contributed by atoms with Crippen LogP contribution in [0.5, 0.6) is 0 Å². The first-order chi connectivity index (χ1) is 11.2. The van der Waals surface area contributed by atoms with Crippen molar-refractivity contribution in [2.45, 2.75) is 13.1 Å². The molecule has 2 aromatic rings. The highest BCUT2D eigenvalue weighted by molar-refractivity contribution is 5.74. The monoisotopic (exact) mass is 314 g/mol. The third kappa shape index (κ3) is 4.07. The van der Waals surface area contributed by atoms with Gasteiger partial charge in [-0.05, 0) is 5.56 Å². The second-order valence-electron chi connectivity index (χ2n) is 5.82. The summed E-state index contributed by atoms with van der Waals surface area (Å²) in [4.78, 5) is 22.6. The van der Waals surface area contributed by atoms with Crippen LogP contribution in [0.4, 0.5) is 4.79 Å². The second kappa shape index (κ2) is 7.23. The number of carbonyl (C=O) groups is 1. The van der Waals surface area contributed by atoms with E-state index in [1.54, 1.807) is 4.90 Å². The maximum absolute atomic E-state index is 12.5. The van der Waals surface area contributed by atoms with Crippen molar-refractivity contribution in [2.75, 3.05) is 33.2 Å². The Labute approximate surface area is 135 Å². The number of hydrogen-bond acceptors (Lipinski definition) is 4. The molecule has 0 bridgehead atoms. The fourth-order valence-corrected chi connectivity index (χ4v) is 2.78. The van der Waals surface area contributed by atoms with E-state index in [1.807, 2.05) is 42.3 Å². The zero-order valence-corrected chi connectivity index (χ0v) is 13.4. The van der Waals surface area contributed by atoms with Gasteiger partial charge < -0.3 is 9.80 Å². The van der Waals surface area contributed by atoms with E-state index in [9.17, 15) is 4.79 Å². The van der Waals surface area contributed by atoms with Gasteiger partial charge in [0.05, 0.1) is 6.54 Å². The Balaban J connectivity index is 1.47. The summed E-state index contributed by atoms with van der Waals surface area (Å²) in [5, 5.41) is 6.73. The second-order valence-corrected chi connectivity index (χ2v) is 5.82. The normalized spacial score (nSPS) is 15.6. The smallest absolute Gasteiger partial charge is 0.320 e. The summed E-state index contributed by atoms with van der Waals surface area (Å²) in [6.45, 7) is 4.58. The summed E-state index contributed by atoms with van der Waals surface area (Å²) in [6.07, 6.45) is 1.52. The van der Waals surface area contributed by atoms with Crippen molar-refractivity contribution in [3.05, 3.63) is 48.0 Å². The molecule has 1 aromatic heterocycles. The molecule has 1 fully saturated rings. The lowest BCUT2D eigenvalue weighted by Crippen LogP contribution is -2.51. The van der Waals surface area contributed by atoms with Crippen LogP contribution >= 0.6 is 0 Å². The van der Waals surface area contributed by atoms with E-state index in [1.165, 1.54) is 6.33 Å². The molecule has 1 aliphatic heterocycles. The third-order valence-electron chi connectivity index (χ3n) is 4.07. The van der Waals surface area contributed by atoms with Crippen LogP contribution in [-0.2, 0) is 13.1 Å². The first kappa shape index (κ1) is 15.5. The van der Waals surface area contributed by atoms with Gasteiger partial charge in [-0.3, -0.25) is 10.00 Å². The maximum Gasteiger partial charge on any atom is 0.320 e. The molecule has 1 saturated heterocycles. The molecule has 0 spiro atoms. The summed E-state index contributed by atoms with van der Waals surface area (Å²) in [7, 11) is 1.86. The number of carbonyl (C=O) groups excluding carboxylic acids is 1. The number of hydrogen-bond donors (Lipinski definition) is 1. The molecule has 0 unspecified atom stereocenters. The minimum Gasteiger partial charge on any atom is -0.323 e. The number of piperazine rings is 1. The fraction of sp³-hybridized carbons (Fsp3) is 0.438. The number of nitrogens with zero attached hydrogens (tertiary/aromatic N) is 5.